The number of aliphatic hydroxyl groups excluding tert-OH is 1. The van der Waals surface area contributed by atoms with Gasteiger partial charge in [0.25, 0.3) is 0 Å². The Morgan fingerprint density at radius 2 is 1.71 bits per heavy atom. The molecule has 0 bridgehead atoms. The Morgan fingerprint density at radius 3 is 2.43 bits per heavy atom. The summed E-state index contributed by atoms with van der Waals surface area (Å²) in [6.45, 7) is 0.744. The van der Waals surface area contributed by atoms with Gasteiger partial charge in [-0.3, -0.25) is 4.68 Å². The van der Waals surface area contributed by atoms with Crippen molar-refractivity contribution in [3.63, 3.8) is 0 Å². The predicted molar refractivity (Wildman–Crippen MR) is 106 cm³/mol. The van der Waals surface area contributed by atoms with Gasteiger partial charge in [0.15, 0.2) is 6.35 Å². The van der Waals surface area contributed by atoms with Crippen LogP contribution in [0, 0.1) is 0 Å². The van der Waals surface area contributed by atoms with E-state index in [4.69, 9.17) is 0 Å². The molecule has 2 aromatic rings. The summed E-state index contributed by atoms with van der Waals surface area (Å²) in [5, 5.41) is 17.9. The molecule has 0 radical (unpaired) electrons. The standard InChI is InChI=1S/C20H26N4O3S/c25-20(23-28(26,27)18-12-21-24-10-2-1-9-17(18)24)22-19-15-7-3-5-13(15)11-14-6-4-8-16(14)19/h11-12,20,22-23,25H,1-10H2. The van der Waals surface area contributed by atoms with E-state index in [9.17, 15) is 13.5 Å². The summed E-state index contributed by atoms with van der Waals surface area (Å²) in [4.78, 5) is 0.177. The fourth-order valence-electron chi connectivity index (χ4n) is 4.98. The Hall–Kier alpha value is -1.90. The van der Waals surface area contributed by atoms with Gasteiger partial charge in [-0.15, -0.1) is 0 Å². The van der Waals surface area contributed by atoms with Crippen LogP contribution in [0.5, 0.6) is 0 Å². The Bertz CT molecular complexity index is 996. The molecule has 28 heavy (non-hydrogen) atoms. The molecule has 150 valence electrons. The normalized spacial score (nSPS) is 19.2. The van der Waals surface area contributed by atoms with Crippen LogP contribution in [0.1, 0.15) is 53.6 Å². The maximum atomic E-state index is 12.9. The van der Waals surface area contributed by atoms with Crippen molar-refractivity contribution in [2.75, 3.05) is 5.32 Å². The van der Waals surface area contributed by atoms with Gasteiger partial charge in [0.2, 0.25) is 10.0 Å². The predicted octanol–water partition coefficient (Wildman–Crippen LogP) is 1.86. The molecule has 1 atom stereocenters. The molecule has 2 heterocycles. The average molecular weight is 403 g/mol. The van der Waals surface area contributed by atoms with Crippen LogP contribution in [-0.4, -0.2) is 29.7 Å². The van der Waals surface area contributed by atoms with Crippen molar-refractivity contribution in [2.24, 2.45) is 0 Å². The van der Waals surface area contributed by atoms with E-state index in [0.717, 1.165) is 69.3 Å². The summed E-state index contributed by atoms with van der Waals surface area (Å²) in [5.41, 5.74) is 6.82. The zero-order valence-corrected chi connectivity index (χ0v) is 16.7. The van der Waals surface area contributed by atoms with E-state index >= 15 is 0 Å². The van der Waals surface area contributed by atoms with Gasteiger partial charge >= 0.3 is 0 Å². The summed E-state index contributed by atoms with van der Waals surface area (Å²) in [6, 6.07) is 2.31. The molecule has 0 saturated carbocycles. The molecule has 0 amide bonds. The summed E-state index contributed by atoms with van der Waals surface area (Å²) in [6.07, 6.45) is 8.96. The molecule has 1 unspecified atom stereocenters. The largest absolute Gasteiger partial charge is 0.360 e. The van der Waals surface area contributed by atoms with Gasteiger partial charge in [-0.05, 0) is 80.0 Å². The molecule has 1 aromatic carbocycles. The van der Waals surface area contributed by atoms with Crippen LogP contribution in [0.3, 0.4) is 0 Å². The van der Waals surface area contributed by atoms with Crippen molar-refractivity contribution in [1.29, 1.82) is 0 Å². The molecule has 3 N–H and O–H groups in total. The summed E-state index contributed by atoms with van der Waals surface area (Å²) in [5.74, 6) is 0. The summed E-state index contributed by atoms with van der Waals surface area (Å²) in [7, 11) is -3.85. The Morgan fingerprint density at radius 1 is 1.00 bits per heavy atom. The van der Waals surface area contributed by atoms with Gasteiger partial charge < -0.3 is 10.4 Å². The molecule has 5 rings (SSSR count). The molecule has 0 fully saturated rings. The van der Waals surface area contributed by atoms with E-state index < -0.39 is 16.4 Å². The lowest BCUT2D eigenvalue weighted by Crippen LogP contribution is -2.41. The van der Waals surface area contributed by atoms with Crippen LogP contribution < -0.4 is 10.0 Å². The van der Waals surface area contributed by atoms with Gasteiger partial charge in [0, 0.05) is 12.2 Å². The third-order valence-electron chi connectivity index (χ3n) is 6.25. The van der Waals surface area contributed by atoms with Crippen LogP contribution in [0.15, 0.2) is 17.2 Å². The number of fused-ring (bicyclic) bond motifs is 3. The topological polar surface area (TPSA) is 96.2 Å². The van der Waals surface area contributed by atoms with Crippen molar-refractivity contribution in [3.05, 3.63) is 40.2 Å². The number of nitrogens with zero attached hydrogens (tertiary/aromatic N) is 2. The van der Waals surface area contributed by atoms with Crippen LogP contribution in [0.25, 0.3) is 0 Å². The Kier molecular flexibility index (Phi) is 4.45. The van der Waals surface area contributed by atoms with E-state index in [0.29, 0.717) is 6.42 Å². The number of nitrogens with one attached hydrogen (secondary N) is 2. The third kappa shape index (κ3) is 3.03. The summed E-state index contributed by atoms with van der Waals surface area (Å²) >= 11 is 0. The van der Waals surface area contributed by atoms with Crippen molar-refractivity contribution < 1.29 is 13.5 Å². The molecule has 7 nitrogen and oxygen atoms in total. The monoisotopic (exact) mass is 402 g/mol. The maximum Gasteiger partial charge on any atom is 0.247 e. The second-order valence-corrected chi connectivity index (χ2v) is 9.72. The number of anilines is 1. The fourth-order valence-corrected chi connectivity index (χ4v) is 6.17. The number of benzene rings is 1. The second-order valence-electron chi connectivity index (χ2n) is 8.04. The van der Waals surface area contributed by atoms with Gasteiger partial charge in [-0.25, -0.2) is 8.42 Å². The minimum Gasteiger partial charge on any atom is -0.360 e. The van der Waals surface area contributed by atoms with Gasteiger partial charge in [-0.2, -0.15) is 9.82 Å². The molecule has 8 heteroatoms. The third-order valence-corrected chi connectivity index (χ3v) is 7.71. The summed E-state index contributed by atoms with van der Waals surface area (Å²) < 4.78 is 29.9. The van der Waals surface area contributed by atoms with Crippen LogP contribution in [-0.2, 0) is 48.7 Å². The Balaban J connectivity index is 1.40. The lowest BCUT2D eigenvalue weighted by molar-refractivity contribution is 0.192. The zero-order chi connectivity index (χ0) is 19.3. The first-order valence-corrected chi connectivity index (χ1v) is 11.7. The second kappa shape index (κ2) is 6.86. The van der Waals surface area contributed by atoms with Crippen LogP contribution >= 0.6 is 0 Å². The molecule has 1 aromatic heterocycles. The van der Waals surface area contributed by atoms with Gasteiger partial charge in [0.05, 0.1) is 11.9 Å². The molecular formula is C20H26N4O3S. The minimum atomic E-state index is -3.85. The number of hydrogen-bond acceptors (Lipinski definition) is 5. The van der Waals surface area contributed by atoms with E-state index in [2.05, 4.69) is 21.2 Å². The lowest BCUT2D eigenvalue weighted by atomic mass is 9.99. The Labute approximate surface area is 165 Å². The zero-order valence-electron chi connectivity index (χ0n) is 15.9. The number of aryl methyl sites for hydroxylation is 3. The molecule has 0 saturated heterocycles. The van der Waals surface area contributed by atoms with Crippen molar-refractivity contribution in [1.82, 2.24) is 14.5 Å². The fraction of sp³-hybridized carbons (Fsp3) is 0.550. The van der Waals surface area contributed by atoms with Crippen molar-refractivity contribution >= 4 is 15.7 Å². The average Bonchev–Trinajstić information content (AvgIpc) is 3.39. The first-order chi connectivity index (χ1) is 13.5. The molecule has 2 aliphatic carbocycles. The maximum absolute atomic E-state index is 12.9. The SMILES string of the molecule is O=S(=O)(NC(O)Nc1c2c(cc3c1CCC3)CCC2)c1cnn2c1CCCC2. The van der Waals surface area contributed by atoms with Crippen LogP contribution in [0.2, 0.25) is 0 Å². The van der Waals surface area contributed by atoms with Crippen molar-refractivity contribution in [3.8, 4) is 0 Å². The van der Waals surface area contributed by atoms with Gasteiger partial charge in [0.1, 0.15) is 4.90 Å². The number of aromatic nitrogens is 2. The molecule has 3 aliphatic rings. The highest BCUT2D eigenvalue weighted by atomic mass is 32.2. The number of hydrogen-bond donors (Lipinski definition) is 3. The van der Waals surface area contributed by atoms with Crippen LogP contribution in [0.4, 0.5) is 5.69 Å². The molecule has 1 aliphatic heterocycles. The highest BCUT2D eigenvalue weighted by Gasteiger charge is 2.29. The lowest BCUT2D eigenvalue weighted by Gasteiger charge is -2.22. The number of sulfonamides is 1. The van der Waals surface area contributed by atoms with E-state index in [1.165, 1.54) is 28.5 Å². The van der Waals surface area contributed by atoms with Crippen molar-refractivity contribution in [2.45, 2.75) is 75.6 Å². The first kappa shape index (κ1) is 18.1. The molecule has 0 spiro atoms. The smallest absolute Gasteiger partial charge is 0.247 e. The minimum absolute atomic E-state index is 0.177. The number of rotatable bonds is 5. The van der Waals surface area contributed by atoms with Gasteiger partial charge in [-0.1, -0.05) is 6.07 Å². The number of aliphatic hydroxyl groups is 1. The quantitative estimate of drug-likeness (QED) is 0.664. The highest BCUT2D eigenvalue weighted by Crippen LogP contribution is 2.38. The molecular weight excluding hydrogens is 376 g/mol. The van der Waals surface area contributed by atoms with E-state index in [-0.39, 0.29) is 4.90 Å². The highest BCUT2D eigenvalue weighted by molar-refractivity contribution is 7.89. The first-order valence-electron chi connectivity index (χ1n) is 10.2. The van der Waals surface area contributed by atoms with E-state index in [1.807, 2.05) is 0 Å². The van der Waals surface area contributed by atoms with E-state index in [1.54, 1.807) is 4.68 Å².